The number of hydrogen-bond donors (Lipinski definition) is 7. The highest BCUT2D eigenvalue weighted by atomic mass is 31.2. The van der Waals surface area contributed by atoms with Crippen molar-refractivity contribution in [1.82, 2.24) is 24.7 Å². The molecule has 0 atom stereocenters. The SMILES string of the molecule is Nc1nc(-c2nn(Cc3ccccc3F)c3ncc(F)cc23)nc(N)c1NC(=O)O.O=P(O)(O)O. The molecule has 0 spiro atoms. The average molecular weight is 510 g/mol. The Kier molecular flexibility index (Phi) is 7.21. The Balaban J connectivity index is 0.000000623. The number of nitrogens with two attached hydrogens (primary N) is 2. The van der Waals surface area contributed by atoms with E-state index in [1.165, 1.54) is 16.8 Å². The van der Waals surface area contributed by atoms with Gasteiger partial charge < -0.3 is 31.3 Å². The summed E-state index contributed by atoms with van der Waals surface area (Å²) in [4.78, 5) is 44.6. The Bertz CT molecular complexity index is 1430. The summed E-state index contributed by atoms with van der Waals surface area (Å²) >= 11 is 0. The number of hydrogen-bond acceptors (Lipinski definition) is 8. The van der Waals surface area contributed by atoms with Crippen molar-refractivity contribution in [2.75, 3.05) is 16.8 Å². The van der Waals surface area contributed by atoms with Crippen LogP contribution < -0.4 is 16.8 Å². The van der Waals surface area contributed by atoms with Gasteiger partial charge in [-0.05, 0) is 12.1 Å². The fraction of sp³-hybridized carbons (Fsp3) is 0.0556. The first-order valence-electron chi connectivity index (χ1n) is 9.30. The van der Waals surface area contributed by atoms with Crippen LogP contribution in [-0.2, 0) is 11.1 Å². The minimum atomic E-state index is -4.64. The minimum Gasteiger partial charge on any atom is -0.465 e. The average Bonchev–Trinajstić information content (AvgIpc) is 3.08. The van der Waals surface area contributed by atoms with Gasteiger partial charge in [0.25, 0.3) is 0 Å². The van der Waals surface area contributed by atoms with Gasteiger partial charge >= 0.3 is 13.9 Å². The zero-order valence-corrected chi connectivity index (χ0v) is 18.3. The van der Waals surface area contributed by atoms with Crippen molar-refractivity contribution in [1.29, 1.82) is 0 Å². The number of anilines is 3. The molecule has 35 heavy (non-hydrogen) atoms. The summed E-state index contributed by atoms with van der Waals surface area (Å²) in [6, 6.07) is 7.32. The van der Waals surface area contributed by atoms with Gasteiger partial charge in [-0.15, -0.1) is 0 Å². The van der Waals surface area contributed by atoms with Gasteiger partial charge in [0, 0.05) is 5.56 Å². The summed E-state index contributed by atoms with van der Waals surface area (Å²) < 4.78 is 38.2. The van der Waals surface area contributed by atoms with Crippen LogP contribution in [0.5, 0.6) is 0 Å². The second kappa shape index (κ2) is 9.94. The first-order valence-corrected chi connectivity index (χ1v) is 10.9. The van der Waals surface area contributed by atoms with Crippen molar-refractivity contribution >= 4 is 42.3 Å². The lowest BCUT2D eigenvalue weighted by molar-refractivity contribution is 0.209. The molecule has 17 heteroatoms. The van der Waals surface area contributed by atoms with E-state index >= 15 is 0 Å². The molecule has 4 aromatic rings. The molecule has 4 rings (SSSR count). The molecule has 0 bridgehead atoms. The number of carbonyl (C=O) groups is 1. The zero-order chi connectivity index (χ0) is 25.9. The van der Waals surface area contributed by atoms with Gasteiger partial charge in [0.05, 0.1) is 18.1 Å². The maximum Gasteiger partial charge on any atom is 0.466 e. The molecule has 0 aliphatic carbocycles. The number of pyridine rings is 1. The molecular formula is C18H17F2N8O6P. The normalized spacial score (nSPS) is 11.1. The monoisotopic (exact) mass is 510 g/mol. The first-order chi connectivity index (χ1) is 16.3. The maximum absolute atomic E-state index is 14.1. The summed E-state index contributed by atoms with van der Waals surface area (Å²) in [6.45, 7) is 0.0193. The summed E-state index contributed by atoms with van der Waals surface area (Å²) in [5.74, 6) is -1.59. The molecule has 1 aromatic carbocycles. The van der Waals surface area contributed by atoms with Crippen LogP contribution in [0.1, 0.15) is 5.56 Å². The van der Waals surface area contributed by atoms with Crippen molar-refractivity contribution in [3.05, 3.63) is 53.7 Å². The Labute approximate surface area is 194 Å². The number of aromatic nitrogens is 5. The number of halogens is 2. The topological polar surface area (TPSA) is 236 Å². The highest BCUT2D eigenvalue weighted by Gasteiger charge is 2.20. The van der Waals surface area contributed by atoms with Gasteiger partial charge in [0.15, 0.2) is 23.1 Å². The minimum absolute atomic E-state index is 0.0193. The second-order valence-electron chi connectivity index (χ2n) is 6.76. The molecule has 0 saturated heterocycles. The summed E-state index contributed by atoms with van der Waals surface area (Å²) in [5.41, 5.74) is 12.1. The summed E-state index contributed by atoms with van der Waals surface area (Å²) in [6.07, 6.45) is -0.384. The predicted molar refractivity (Wildman–Crippen MR) is 119 cm³/mol. The third-order valence-electron chi connectivity index (χ3n) is 4.24. The number of nitrogens with zero attached hydrogens (tertiary/aromatic N) is 5. The van der Waals surface area contributed by atoms with E-state index in [1.54, 1.807) is 18.2 Å². The standard InChI is InChI=1S/C18H14F2N8O2.H3O4P/c19-9-5-10-12(16-25-14(21)13(15(22)26-16)24-18(29)30)27-28(17(10)23-6-9)7-8-3-1-2-4-11(8)20;1-5(2,3)4/h1-6,24H,7H2,(H,29,30)(H4,21,22,25,26);(H3,1,2,3,4). The second-order valence-corrected chi connectivity index (χ2v) is 7.79. The third kappa shape index (κ3) is 6.42. The molecule has 184 valence electrons. The highest BCUT2D eigenvalue weighted by molar-refractivity contribution is 7.45. The van der Waals surface area contributed by atoms with Crippen LogP contribution in [0.3, 0.4) is 0 Å². The number of fused-ring (bicyclic) bond motifs is 1. The maximum atomic E-state index is 14.1. The predicted octanol–water partition coefficient (Wildman–Crippen LogP) is 1.54. The van der Waals surface area contributed by atoms with E-state index in [-0.39, 0.29) is 46.4 Å². The first kappa shape index (κ1) is 25.4. The van der Waals surface area contributed by atoms with Crippen molar-refractivity contribution < 1.29 is 37.9 Å². The largest absolute Gasteiger partial charge is 0.466 e. The molecule has 0 fully saturated rings. The Hall–Kier alpha value is -4.24. The smallest absolute Gasteiger partial charge is 0.465 e. The lowest BCUT2D eigenvalue weighted by Gasteiger charge is -2.08. The van der Waals surface area contributed by atoms with Crippen molar-refractivity contribution in [3.8, 4) is 11.5 Å². The molecule has 0 saturated carbocycles. The van der Waals surface area contributed by atoms with E-state index in [4.69, 9.17) is 35.8 Å². The van der Waals surface area contributed by atoms with E-state index in [0.29, 0.717) is 5.56 Å². The van der Waals surface area contributed by atoms with Gasteiger partial charge in [-0.1, -0.05) is 18.2 Å². The number of nitrogen functional groups attached to an aromatic ring is 2. The Morgan fingerprint density at radius 2 is 1.71 bits per heavy atom. The fourth-order valence-electron chi connectivity index (χ4n) is 2.93. The van der Waals surface area contributed by atoms with Crippen LogP contribution in [0.15, 0.2) is 36.5 Å². The highest BCUT2D eigenvalue weighted by Crippen LogP contribution is 2.30. The van der Waals surface area contributed by atoms with E-state index in [2.05, 4.69) is 20.1 Å². The number of benzene rings is 1. The third-order valence-corrected chi connectivity index (χ3v) is 4.24. The molecule has 1 amide bonds. The summed E-state index contributed by atoms with van der Waals surface area (Å²) in [7, 11) is -4.64. The van der Waals surface area contributed by atoms with E-state index in [9.17, 15) is 13.6 Å². The van der Waals surface area contributed by atoms with Crippen LogP contribution in [0.4, 0.5) is 30.9 Å². The van der Waals surface area contributed by atoms with Gasteiger partial charge in [0.2, 0.25) is 0 Å². The van der Waals surface area contributed by atoms with Crippen molar-refractivity contribution in [3.63, 3.8) is 0 Å². The molecule has 3 heterocycles. The molecular weight excluding hydrogens is 493 g/mol. The van der Waals surface area contributed by atoms with Gasteiger partial charge in [-0.25, -0.2) is 37.8 Å². The number of phosphoric acid groups is 1. The molecule has 0 unspecified atom stereocenters. The van der Waals surface area contributed by atoms with E-state index < -0.39 is 25.6 Å². The number of nitrogens with one attached hydrogen (secondary N) is 1. The molecule has 0 aliphatic heterocycles. The number of carboxylic acid groups (broad SMARTS) is 1. The Morgan fingerprint density at radius 3 is 2.29 bits per heavy atom. The Morgan fingerprint density at radius 1 is 1.11 bits per heavy atom. The van der Waals surface area contributed by atoms with Gasteiger partial charge in [-0.3, -0.25) is 5.32 Å². The molecule has 3 aromatic heterocycles. The van der Waals surface area contributed by atoms with Crippen LogP contribution in [0.25, 0.3) is 22.6 Å². The lowest BCUT2D eigenvalue weighted by Crippen LogP contribution is -2.14. The summed E-state index contributed by atoms with van der Waals surface area (Å²) in [5, 5.41) is 15.5. The van der Waals surface area contributed by atoms with Crippen molar-refractivity contribution in [2.45, 2.75) is 6.54 Å². The van der Waals surface area contributed by atoms with Gasteiger partial charge in [-0.2, -0.15) is 5.10 Å². The van der Waals surface area contributed by atoms with Crippen LogP contribution in [0, 0.1) is 11.6 Å². The molecule has 14 nitrogen and oxygen atoms in total. The van der Waals surface area contributed by atoms with Crippen molar-refractivity contribution in [2.24, 2.45) is 0 Å². The quantitative estimate of drug-likeness (QED) is 0.194. The van der Waals surface area contributed by atoms with E-state index in [0.717, 1.165) is 6.20 Å². The molecule has 9 N–H and O–H groups in total. The van der Waals surface area contributed by atoms with Crippen LogP contribution >= 0.6 is 7.82 Å². The van der Waals surface area contributed by atoms with Crippen LogP contribution in [-0.4, -0.2) is 50.6 Å². The molecule has 0 radical (unpaired) electrons. The zero-order valence-electron chi connectivity index (χ0n) is 17.4. The molecule has 0 aliphatic rings. The number of amides is 1. The fourth-order valence-corrected chi connectivity index (χ4v) is 2.93. The van der Waals surface area contributed by atoms with E-state index in [1.807, 2.05) is 5.32 Å². The number of rotatable bonds is 4. The van der Waals surface area contributed by atoms with Gasteiger partial charge in [0.1, 0.15) is 23.0 Å². The van der Waals surface area contributed by atoms with Crippen LogP contribution in [0.2, 0.25) is 0 Å². The lowest BCUT2D eigenvalue weighted by atomic mass is 10.2.